The zero-order valence-electron chi connectivity index (χ0n) is 19.8. The van der Waals surface area contributed by atoms with Gasteiger partial charge in [0.25, 0.3) is 11.8 Å². The number of hydrogen-bond acceptors (Lipinski definition) is 7. The first-order valence-corrected chi connectivity index (χ1v) is 12.8. The Labute approximate surface area is 229 Å². The summed E-state index contributed by atoms with van der Waals surface area (Å²) in [4.78, 5) is 47.8. The highest BCUT2D eigenvalue weighted by molar-refractivity contribution is 7.13. The minimum Gasteiger partial charge on any atom is -0.342 e. The number of carbonyl (C=O) groups excluding carboxylic acids is 3. The number of nitrogens with zero attached hydrogens (tertiary/aromatic N) is 4. The summed E-state index contributed by atoms with van der Waals surface area (Å²) in [5, 5.41) is 9.08. The van der Waals surface area contributed by atoms with Crippen LogP contribution in [0.15, 0.2) is 67.0 Å². The number of pyridine rings is 1. The summed E-state index contributed by atoms with van der Waals surface area (Å²) in [6.07, 6.45) is 3.02. The van der Waals surface area contributed by atoms with E-state index >= 15 is 0 Å². The molecule has 3 amide bonds. The van der Waals surface area contributed by atoms with Gasteiger partial charge in [0.15, 0.2) is 5.82 Å². The van der Waals surface area contributed by atoms with E-state index in [2.05, 4.69) is 30.3 Å². The quantitative estimate of drug-likeness (QED) is 0.291. The van der Waals surface area contributed by atoms with Gasteiger partial charge in [0, 0.05) is 34.1 Å². The monoisotopic (exact) mass is 561 g/mol. The number of rotatable bonds is 5. The second kappa shape index (κ2) is 9.89. The van der Waals surface area contributed by atoms with Crippen molar-refractivity contribution in [3.63, 3.8) is 0 Å². The maximum atomic E-state index is 14.3. The van der Waals surface area contributed by atoms with Crippen molar-refractivity contribution in [2.24, 2.45) is 0 Å². The molecule has 0 fully saturated rings. The highest BCUT2D eigenvalue weighted by Gasteiger charge is 2.36. The Hall–Kier alpha value is -4.68. The molecule has 3 aromatic heterocycles. The predicted molar refractivity (Wildman–Crippen MR) is 143 cm³/mol. The van der Waals surface area contributed by atoms with Crippen molar-refractivity contribution in [2.45, 2.75) is 12.6 Å². The maximum Gasteiger partial charge on any atom is 0.291 e. The van der Waals surface area contributed by atoms with E-state index in [0.29, 0.717) is 11.1 Å². The van der Waals surface area contributed by atoms with Gasteiger partial charge in [0.05, 0.1) is 16.4 Å². The number of imidazole rings is 1. The summed E-state index contributed by atoms with van der Waals surface area (Å²) < 4.78 is 20.7. The molecule has 1 aliphatic heterocycles. The predicted octanol–water partition coefficient (Wildman–Crippen LogP) is 4.40. The average Bonchev–Trinajstić information content (AvgIpc) is 3.52. The fraction of sp³-hybridized carbons (Fsp3) is 0.0769. The highest BCUT2D eigenvalue weighted by atomic mass is 35.5. The molecule has 0 saturated carbocycles. The summed E-state index contributed by atoms with van der Waals surface area (Å²) in [6, 6.07) is 13.2. The van der Waals surface area contributed by atoms with Crippen LogP contribution >= 0.6 is 23.1 Å². The molecule has 3 N–H and O–H groups in total. The lowest BCUT2D eigenvalue weighted by molar-refractivity contribution is -0.123. The first-order valence-electron chi connectivity index (χ1n) is 11.6. The van der Waals surface area contributed by atoms with E-state index in [-0.39, 0.29) is 40.2 Å². The first kappa shape index (κ1) is 24.6. The molecule has 13 heteroatoms. The number of amides is 3. The van der Waals surface area contributed by atoms with Crippen molar-refractivity contribution in [3.8, 4) is 0 Å². The van der Waals surface area contributed by atoms with Gasteiger partial charge < -0.3 is 20.5 Å². The maximum absolute atomic E-state index is 14.3. The molecular formula is C26H17ClFN7O3S. The molecule has 0 saturated heterocycles. The Morgan fingerprint density at radius 3 is 2.69 bits per heavy atom. The number of aromatic nitrogens is 4. The summed E-state index contributed by atoms with van der Waals surface area (Å²) >= 11 is 7.57. The van der Waals surface area contributed by atoms with Crippen molar-refractivity contribution in [3.05, 3.63) is 101 Å². The first-order chi connectivity index (χ1) is 18.9. The van der Waals surface area contributed by atoms with Crippen molar-refractivity contribution in [1.29, 1.82) is 0 Å². The molecule has 1 unspecified atom stereocenters. The van der Waals surface area contributed by atoms with Crippen LogP contribution in [0.5, 0.6) is 0 Å². The number of benzene rings is 2. The third-order valence-electron chi connectivity index (χ3n) is 6.12. The number of nitrogens with one attached hydrogen (secondary N) is 3. The van der Waals surface area contributed by atoms with Crippen LogP contribution in [0, 0.1) is 5.82 Å². The Kier molecular flexibility index (Phi) is 6.25. The number of halogens is 2. The summed E-state index contributed by atoms with van der Waals surface area (Å²) in [5.74, 6) is -2.34. The molecule has 10 nitrogen and oxygen atoms in total. The van der Waals surface area contributed by atoms with Gasteiger partial charge in [-0.05, 0) is 47.9 Å². The zero-order chi connectivity index (χ0) is 27.1. The summed E-state index contributed by atoms with van der Waals surface area (Å²) in [7, 11) is 0. The van der Waals surface area contributed by atoms with Crippen LogP contribution < -0.4 is 16.0 Å². The van der Waals surface area contributed by atoms with Gasteiger partial charge in [-0.2, -0.15) is 4.37 Å². The summed E-state index contributed by atoms with van der Waals surface area (Å²) in [6.45, 7) is -0.264. The molecule has 0 bridgehead atoms. The lowest BCUT2D eigenvalue weighted by atomic mass is 10.0. The van der Waals surface area contributed by atoms with Crippen LogP contribution in [-0.4, -0.2) is 36.6 Å². The van der Waals surface area contributed by atoms with Crippen molar-refractivity contribution < 1.29 is 18.8 Å². The van der Waals surface area contributed by atoms with Crippen LogP contribution in [0.4, 0.5) is 15.9 Å². The summed E-state index contributed by atoms with van der Waals surface area (Å²) in [5.41, 5.74) is 1.13. The second-order valence-electron chi connectivity index (χ2n) is 8.59. The number of fused-ring (bicyclic) bond motifs is 2. The fourth-order valence-corrected chi connectivity index (χ4v) is 5.40. The SMILES string of the molecule is O=C1Cn2c(C(=O)Nc3ccncc3)nc(NC(=O)c3nsc4ccccc34)c2C(c2cc(F)ccc2Cl)N1. The lowest BCUT2D eigenvalue weighted by Crippen LogP contribution is -2.40. The van der Waals surface area contributed by atoms with Gasteiger partial charge in [-0.1, -0.05) is 29.8 Å². The fourth-order valence-electron chi connectivity index (χ4n) is 4.40. The zero-order valence-corrected chi connectivity index (χ0v) is 21.4. The van der Waals surface area contributed by atoms with Crippen LogP contribution in [0.25, 0.3) is 10.1 Å². The van der Waals surface area contributed by atoms with Gasteiger partial charge in [-0.3, -0.25) is 19.4 Å². The molecule has 39 heavy (non-hydrogen) atoms. The Morgan fingerprint density at radius 1 is 1.08 bits per heavy atom. The van der Waals surface area contributed by atoms with Crippen LogP contribution in [0.3, 0.4) is 0 Å². The molecule has 0 aliphatic carbocycles. The molecule has 5 aromatic rings. The van der Waals surface area contributed by atoms with Crippen molar-refractivity contribution in [2.75, 3.05) is 10.6 Å². The van der Waals surface area contributed by atoms with E-state index in [0.717, 1.165) is 4.70 Å². The number of anilines is 2. The normalized spacial score (nSPS) is 14.5. The third kappa shape index (κ3) is 4.60. The number of carbonyl (C=O) groups is 3. The van der Waals surface area contributed by atoms with E-state index in [1.807, 2.05) is 12.1 Å². The molecule has 194 valence electrons. The van der Waals surface area contributed by atoms with Gasteiger partial charge in [0.2, 0.25) is 11.7 Å². The molecule has 2 aromatic carbocycles. The van der Waals surface area contributed by atoms with E-state index in [1.54, 1.807) is 24.3 Å². The molecule has 1 aliphatic rings. The molecular weight excluding hydrogens is 545 g/mol. The van der Waals surface area contributed by atoms with Crippen molar-refractivity contribution >= 4 is 62.4 Å². The second-order valence-corrected chi connectivity index (χ2v) is 9.81. The van der Waals surface area contributed by atoms with Gasteiger partial charge in [-0.25, -0.2) is 9.37 Å². The van der Waals surface area contributed by atoms with Gasteiger partial charge in [-0.15, -0.1) is 0 Å². The van der Waals surface area contributed by atoms with E-state index in [9.17, 15) is 18.8 Å². The highest BCUT2D eigenvalue weighted by Crippen LogP contribution is 2.36. The minimum atomic E-state index is -1.01. The topological polar surface area (TPSA) is 131 Å². The Bertz CT molecular complexity index is 1770. The van der Waals surface area contributed by atoms with Crippen LogP contribution in [0.1, 0.15) is 38.4 Å². The van der Waals surface area contributed by atoms with Crippen LogP contribution in [-0.2, 0) is 11.3 Å². The third-order valence-corrected chi connectivity index (χ3v) is 7.29. The smallest absolute Gasteiger partial charge is 0.291 e. The van der Waals surface area contributed by atoms with Gasteiger partial charge in [0.1, 0.15) is 18.1 Å². The average molecular weight is 562 g/mol. The molecule has 6 rings (SSSR count). The number of hydrogen-bond donors (Lipinski definition) is 3. The molecule has 0 spiro atoms. The Balaban J connectivity index is 1.47. The van der Waals surface area contributed by atoms with Crippen LogP contribution in [0.2, 0.25) is 5.02 Å². The molecule has 4 heterocycles. The molecule has 0 radical (unpaired) electrons. The standard InChI is InChI=1S/C26H17ClFN7O3S/c27-17-6-5-13(28)11-16(17)20-22-23(33-25(37)21-15-3-1-2-4-18(15)39-34-21)32-24(35(22)12-19(36)31-20)26(38)30-14-7-9-29-10-8-14/h1-11,20H,12H2,(H,31,36)(H,33,37)(H,29,30,38). The largest absolute Gasteiger partial charge is 0.342 e. The molecule has 1 atom stereocenters. The minimum absolute atomic E-state index is 0.00212. The van der Waals surface area contributed by atoms with E-state index < -0.39 is 29.6 Å². The van der Waals surface area contributed by atoms with Crippen molar-refractivity contribution in [1.82, 2.24) is 24.2 Å². The van der Waals surface area contributed by atoms with Gasteiger partial charge >= 0.3 is 0 Å². The lowest BCUT2D eigenvalue weighted by Gasteiger charge is -2.28. The van der Waals surface area contributed by atoms with E-state index in [1.165, 1.54) is 46.7 Å². The van der Waals surface area contributed by atoms with E-state index in [4.69, 9.17) is 11.6 Å². The Morgan fingerprint density at radius 2 is 1.87 bits per heavy atom.